The predicted molar refractivity (Wildman–Crippen MR) is 90.6 cm³/mol. The third-order valence-electron chi connectivity index (χ3n) is 2.79. The molecular formula is C17H21NO4S. The molecule has 0 saturated heterocycles. The number of aromatic nitrogens is 1. The lowest BCUT2D eigenvalue weighted by Crippen LogP contribution is -1.96. The van der Waals surface area contributed by atoms with Gasteiger partial charge in [0.15, 0.2) is 0 Å². The minimum Gasteiger partial charge on any atom is -0.393 e. The maximum atomic E-state index is 10.5. The van der Waals surface area contributed by atoms with Crippen LogP contribution in [0.15, 0.2) is 59.8 Å². The van der Waals surface area contributed by atoms with Crippen LogP contribution in [0.1, 0.15) is 24.5 Å². The molecule has 2 aromatic rings. The number of hydrogen-bond acceptors (Lipinski definition) is 4. The molecular weight excluding hydrogens is 314 g/mol. The SMILES string of the molecule is CC(O)C/C=C/c1cccnc1.Cc1ccc(S(=O)(=O)O)cc1. The Bertz CT molecular complexity index is 708. The van der Waals surface area contributed by atoms with Gasteiger partial charge in [-0.25, -0.2) is 0 Å². The zero-order valence-electron chi connectivity index (χ0n) is 13.1. The number of aryl methyl sites for hydroxylation is 1. The summed E-state index contributed by atoms with van der Waals surface area (Å²) in [5.74, 6) is 0. The lowest BCUT2D eigenvalue weighted by Gasteiger charge is -1.96. The molecule has 0 radical (unpaired) electrons. The van der Waals surface area contributed by atoms with Crippen molar-refractivity contribution >= 4 is 16.2 Å². The zero-order valence-corrected chi connectivity index (χ0v) is 13.9. The van der Waals surface area contributed by atoms with E-state index in [4.69, 9.17) is 9.66 Å². The van der Waals surface area contributed by atoms with Crippen LogP contribution in [0.25, 0.3) is 6.08 Å². The predicted octanol–water partition coefficient (Wildman–Crippen LogP) is 3.11. The van der Waals surface area contributed by atoms with Crippen molar-refractivity contribution in [3.05, 3.63) is 66.0 Å². The number of hydrogen-bond donors (Lipinski definition) is 2. The quantitative estimate of drug-likeness (QED) is 0.838. The molecule has 6 heteroatoms. The Morgan fingerprint density at radius 2 is 1.87 bits per heavy atom. The van der Waals surface area contributed by atoms with Crippen LogP contribution in [-0.2, 0) is 10.1 Å². The molecule has 1 unspecified atom stereocenters. The fourth-order valence-corrected chi connectivity index (χ4v) is 2.07. The van der Waals surface area contributed by atoms with Crippen LogP contribution in [-0.4, -0.2) is 29.2 Å². The molecule has 23 heavy (non-hydrogen) atoms. The van der Waals surface area contributed by atoms with Crippen molar-refractivity contribution in [2.75, 3.05) is 0 Å². The summed E-state index contributed by atoms with van der Waals surface area (Å²) in [6, 6.07) is 9.86. The summed E-state index contributed by atoms with van der Waals surface area (Å²) >= 11 is 0. The van der Waals surface area contributed by atoms with Crippen molar-refractivity contribution in [1.82, 2.24) is 4.98 Å². The third-order valence-corrected chi connectivity index (χ3v) is 3.66. The standard InChI is InChI=1S/C10H13NO.C7H8O3S/c1-9(12)4-2-5-10-6-3-7-11-8-10;1-6-2-4-7(5-3-6)11(8,9)10/h2-3,5-9,12H,4H2,1H3;2-5H,1H3,(H,8,9,10)/b5-2+;. The van der Waals surface area contributed by atoms with Crippen LogP contribution < -0.4 is 0 Å². The molecule has 0 bridgehead atoms. The Kier molecular flexibility index (Phi) is 7.61. The van der Waals surface area contributed by atoms with Crippen molar-refractivity contribution in [2.24, 2.45) is 0 Å². The van der Waals surface area contributed by atoms with E-state index in [0.29, 0.717) is 6.42 Å². The summed E-state index contributed by atoms with van der Waals surface area (Å²) in [5, 5.41) is 8.96. The van der Waals surface area contributed by atoms with Crippen LogP contribution in [0.5, 0.6) is 0 Å². The van der Waals surface area contributed by atoms with Gasteiger partial charge in [0, 0.05) is 12.4 Å². The largest absolute Gasteiger partial charge is 0.393 e. The van der Waals surface area contributed by atoms with E-state index in [1.54, 1.807) is 31.5 Å². The van der Waals surface area contributed by atoms with E-state index in [-0.39, 0.29) is 11.0 Å². The summed E-state index contributed by atoms with van der Waals surface area (Å²) < 4.78 is 29.6. The van der Waals surface area contributed by atoms with E-state index in [2.05, 4.69) is 4.98 Å². The Balaban J connectivity index is 0.000000231. The molecule has 2 N–H and O–H groups in total. The molecule has 5 nitrogen and oxygen atoms in total. The highest BCUT2D eigenvalue weighted by Gasteiger charge is 2.06. The first-order valence-electron chi connectivity index (χ1n) is 7.08. The highest BCUT2D eigenvalue weighted by Crippen LogP contribution is 2.08. The van der Waals surface area contributed by atoms with Gasteiger partial charge in [0.2, 0.25) is 0 Å². The molecule has 0 saturated carbocycles. The average molecular weight is 335 g/mol. The lowest BCUT2D eigenvalue weighted by atomic mass is 10.2. The molecule has 2 rings (SSSR count). The van der Waals surface area contributed by atoms with Gasteiger partial charge < -0.3 is 5.11 Å². The Morgan fingerprint density at radius 1 is 1.22 bits per heavy atom. The van der Waals surface area contributed by atoms with Crippen LogP contribution in [0.3, 0.4) is 0 Å². The first-order valence-corrected chi connectivity index (χ1v) is 8.52. The summed E-state index contributed by atoms with van der Waals surface area (Å²) in [6.45, 7) is 3.61. The van der Waals surface area contributed by atoms with Gasteiger partial charge >= 0.3 is 0 Å². The fourth-order valence-electron chi connectivity index (χ4n) is 1.59. The average Bonchev–Trinajstić information content (AvgIpc) is 2.48. The highest BCUT2D eigenvalue weighted by molar-refractivity contribution is 7.85. The number of pyridine rings is 1. The van der Waals surface area contributed by atoms with Crippen LogP contribution in [0, 0.1) is 6.92 Å². The van der Waals surface area contributed by atoms with Crippen LogP contribution >= 0.6 is 0 Å². The van der Waals surface area contributed by atoms with Crippen molar-refractivity contribution < 1.29 is 18.1 Å². The minimum absolute atomic E-state index is 0.0666. The molecule has 1 atom stereocenters. The van der Waals surface area contributed by atoms with E-state index >= 15 is 0 Å². The fraction of sp³-hybridized carbons (Fsp3) is 0.235. The van der Waals surface area contributed by atoms with E-state index in [1.165, 1.54) is 12.1 Å². The highest BCUT2D eigenvalue weighted by atomic mass is 32.2. The summed E-state index contributed by atoms with van der Waals surface area (Å²) in [6.07, 6.45) is 7.86. The Hall–Kier alpha value is -2.02. The van der Waals surface area contributed by atoms with Gasteiger partial charge in [-0.3, -0.25) is 9.54 Å². The first-order chi connectivity index (χ1) is 10.8. The molecule has 0 aliphatic heterocycles. The molecule has 0 aliphatic carbocycles. The molecule has 124 valence electrons. The van der Waals surface area contributed by atoms with E-state index < -0.39 is 10.1 Å². The summed E-state index contributed by atoms with van der Waals surface area (Å²) in [5.41, 5.74) is 2.02. The maximum Gasteiger partial charge on any atom is 0.294 e. The normalized spacial score (nSPS) is 12.5. The van der Waals surface area contributed by atoms with E-state index in [0.717, 1.165) is 11.1 Å². The summed E-state index contributed by atoms with van der Waals surface area (Å²) in [4.78, 5) is 3.90. The van der Waals surface area contributed by atoms with E-state index in [1.807, 2.05) is 31.2 Å². The van der Waals surface area contributed by atoms with Gasteiger partial charge in [0.25, 0.3) is 10.1 Å². The molecule has 0 amide bonds. The molecule has 0 fully saturated rings. The van der Waals surface area contributed by atoms with Crippen molar-refractivity contribution in [3.63, 3.8) is 0 Å². The monoisotopic (exact) mass is 335 g/mol. The molecule has 1 aromatic heterocycles. The van der Waals surface area contributed by atoms with Crippen LogP contribution in [0.2, 0.25) is 0 Å². The van der Waals surface area contributed by atoms with Crippen molar-refractivity contribution in [2.45, 2.75) is 31.3 Å². The molecule has 1 aromatic carbocycles. The number of benzene rings is 1. The smallest absolute Gasteiger partial charge is 0.294 e. The van der Waals surface area contributed by atoms with Gasteiger partial charge in [-0.05, 0) is 44.0 Å². The van der Waals surface area contributed by atoms with Crippen LogP contribution in [0.4, 0.5) is 0 Å². The Labute approximate surface area is 137 Å². The zero-order chi connectivity index (χ0) is 17.3. The minimum atomic E-state index is -4.02. The Morgan fingerprint density at radius 3 is 2.35 bits per heavy atom. The second-order valence-corrected chi connectivity index (χ2v) is 6.48. The van der Waals surface area contributed by atoms with Gasteiger partial charge in [-0.2, -0.15) is 8.42 Å². The number of aliphatic hydroxyl groups excluding tert-OH is 1. The van der Waals surface area contributed by atoms with Crippen molar-refractivity contribution in [1.29, 1.82) is 0 Å². The van der Waals surface area contributed by atoms with Gasteiger partial charge in [0.05, 0.1) is 11.0 Å². The number of rotatable bonds is 4. The third kappa shape index (κ3) is 8.25. The topological polar surface area (TPSA) is 87.5 Å². The number of nitrogens with zero attached hydrogens (tertiary/aromatic N) is 1. The molecule has 1 heterocycles. The summed E-state index contributed by atoms with van der Waals surface area (Å²) in [7, 11) is -4.02. The van der Waals surface area contributed by atoms with Gasteiger partial charge in [-0.15, -0.1) is 0 Å². The maximum absolute atomic E-state index is 10.5. The number of aliphatic hydroxyl groups is 1. The van der Waals surface area contributed by atoms with Gasteiger partial charge in [-0.1, -0.05) is 35.9 Å². The second-order valence-electron chi connectivity index (χ2n) is 5.06. The van der Waals surface area contributed by atoms with E-state index in [9.17, 15) is 8.42 Å². The van der Waals surface area contributed by atoms with Crippen molar-refractivity contribution in [3.8, 4) is 0 Å². The lowest BCUT2D eigenvalue weighted by molar-refractivity contribution is 0.199. The first kappa shape index (κ1) is 19.0. The molecule has 0 spiro atoms. The second kappa shape index (κ2) is 9.19. The molecule has 0 aliphatic rings. The van der Waals surface area contributed by atoms with Gasteiger partial charge in [0.1, 0.15) is 0 Å².